The summed E-state index contributed by atoms with van der Waals surface area (Å²) in [6, 6.07) is 15.5. The largest absolute Gasteiger partial charge is 0.311 e. The third-order valence-corrected chi connectivity index (χ3v) is 7.59. The predicted octanol–water partition coefficient (Wildman–Crippen LogP) is 4.79. The zero-order valence-corrected chi connectivity index (χ0v) is 20.0. The van der Waals surface area contributed by atoms with Crippen molar-refractivity contribution < 1.29 is 9.59 Å². The second kappa shape index (κ2) is 8.78. The second-order valence-electron chi connectivity index (χ2n) is 9.07. The molecule has 2 aromatic carbocycles. The minimum absolute atomic E-state index is 0.0479. The maximum Gasteiger partial charge on any atom is 0.259 e. The number of hydrogen-bond acceptors (Lipinski definition) is 5. The van der Waals surface area contributed by atoms with E-state index in [9.17, 15) is 9.59 Å². The van der Waals surface area contributed by atoms with Gasteiger partial charge in [-0.25, -0.2) is 9.89 Å². The first-order valence-corrected chi connectivity index (χ1v) is 12.5. The molecule has 3 aliphatic rings. The van der Waals surface area contributed by atoms with Crippen LogP contribution in [0.15, 0.2) is 58.5 Å². The number of amides is 2. The molecule has 3 aliphatic heterocycles. The molecule has 0 spiro atoms. The average molecular weight is 461 g/mol. The van der Waals surface area contributed by atoms with Gasteiger partial charge in [-0.1, -0.05) is 62.9 Å². The fourth-order valence-electron chi connectivity index (χ4n) is 4.66. The van der Waals surface area contributed by atoms with Crippen molar-refractivity contribution in [2.45, 2.75) is 51.3 Å². The summed E-state index contributed by atoms with van der Waals surface area (Å²) in [6.45, 7) is 6.90. The van der Waals surface area contributed by atoms with Gasteiger partial charge in [-0.05, 0) is 48.9 Å². The molecule has 5 rings (SSSR count). The monoisotopic (exact) mass is 460 g/mol. The summed E-state index contributed by atoms with van der Waals surface area (Å²) in [6.07, 6.45) is 2.21. The Kier molecular flexibility index (Phi) is 5.83. The lowest BCUT2D eigenvalue weighted by Gasteiger charge is -2.29. The number of rotatable bonds is 5. The van der Waals surface area contributed by atoms with Crippen LogP contribution in [-0.4, -0.2) is 45.6 Å². The van der Waals surface area contributed by atoms with Gasteiger partial charge < -0.3 is 4.90 Å². The van der Waals surface area contributed by atoms with Crippen LogP contribution in [0.2, 0.25) is 0 Å². The lowest BCUT2D eigenvalue weighted by Crippen LogP contribution is -2.44. The van der Waals surface area contributed by atoms with E-state index in [-0.39, 0.29) is 17.1 Å². The number of carbonyl (C=O) groups is 2. The molecule has 0 aliphatic carbocycles. The van der Waals surface area contributed by atoms with Crippen molar-refractivity contribution in [1.82, 2.24) is 4.90 Å². The van der Waals surface area contributed by atoms with Gasteiger partial charge in [-0.2, -0.15) is 0 Å². The third kappa shape index (κ3) is 3.88. The van der Waals surface area contributed by atoms with Gasteiger partial charge in [-0.3, -0.25) is 14.6 Å². The molecule has 6 nitrogen and oxygen atoms in total. The number of hydrogen-bond donors (Lipinski definition) is 0. The van der Waals surface area contributed by atoms with E-state index in [0.29, 0.717) is 36.3 Å². The van der Waals surface area contributed by atoms with Gasteiger partial charge in [0.15, 0.2) is 5.17 Å². The summed E-state index contributed by atoms with van der Waals surface area (Å²) >= 11 is 1.38. The van der Waals surface area contributed by atoms with E-state index >= 15 is 0 Å². The zero-order valence-electron chi connectivity index (χ0n) is 19.2. The van der Waals surface area contributed by atoms with E-state index < -0.39 is 6.04 Å². The normalized spacial score (nSPS) is 19.8. The van der Waals surface area contributed by atoms with Crippen molar-refractivity contribution in [3.8, 4) is 0 Å². The summed E-state index contributed by atoms with van der Waals surface area (Å²) in [5.74, 6) is 1.03. The molecule has 0 radical (unpaired) electrons. The van der Waals surface area contributed by atoms with Crippen molar-refractivity contribution in [3.05, 3.63) is 59.7 Å². The highest BCUT2D eigenvalue weighted by Crippen LogP contribution is 2.37. The van der Waals surface area contributed by atoms with Crippen LogP contribution in [-0.2, 0) is 16.0 Å². The molecule has 2 amide bonds. The average Bonchev–Trinajstić information content (AvgIpc) is 3.38. The molecule has 0 saturated carbocycles. The molecule has 33 heavy (non-hydrogen) atoms. The Morgan fingerprint density at radius 2 is 1.91 bits per heavy atom. The number of anilines is 1. The fourth-order valence-corrected chi connectivity index (χ4v) is 5.74. The lowest BCUT2D eigenvalue weighted by molar-refractivity contribution is -0.125. The Labute approximate surface area is 198 Å². The second-order valence-corrected chi connectivity index (χ2v) is 10.2. The smallest absolute Gasteiger partial charge is 0.259 e. The van der Waals surface area contributed by atoms with Gasteiger partial charge in [0.1, 0.15) is 11.9 Å². The van der Waals surface area contributed by atoms with E-state index in [1.54, 1.807) is 4.90 Å². The first-order valence-electron chi connectivity index (χ1n) is 11.6. The summed E-state index contributed by atoms with van der Waals surface area (Å²) < 4.78 is 0. The van der Waals surface area contributed by atoms with E-state index in [0.717, 1.165) is 23.4 Å². The quantitative estimate of drug-likeness (QED) is 0.644. The van der Waals surface area contributed by atoms with Crippen molar-refractivity contribution in [1.29, 1.82) is 0 Å². The van der Waals surface area contributed by atoms with Crippen LogP contribution in [0.5, 0.6) is 0 Å². The number of thioether (sulfide) groups is 1. The Balaban J connectivity index is 1.46. The number of carbonyl (C=O) groups excluding carboxylic acids is 2. The molecule has 0 aromatic heterocycles. The Morgan fingerprint density at radius 3 is 2.70 bits per heavy atom. The molecule has 0 bridgehead atoms. The van der Waals surface area contributed by atoms with Crippen LogP contribution in [0, 0.1) is 5.92 Å². The highest BCUT2D eigenvalue weighted by molar-refractivity contribution is 8.15. The molecule has 0 saturated heterocycles. The van der Waals surface area contributed by atoms with Gasteiger partial charge in [0.25, 0.3) is 5.91 Å². The summed E-state index contributed by atoms with van der Waals surface area (Å²) in [5.41, 5.74) is 3.86. The molecule has 170 valence electrons. The van der Waals surface area contributed by atoms with Crippen LogP contribution >= 0.6 is 11.8 Å². The third-order valence-electron chi connectivity index (χ3n) is 6.29. The van der Waals surface area contributed by atoms with E-state index in [4.69, 9.17) is 9.98 Å². The van der Waals surface area contributed by atoms with Crippen LogP contribution in [0.4, 0.5) is 11.4 Å². The van der Waals surface area contributed by atoms with Crippen molar-refractivity contribution in [2.75, 3.05) is 11.4 Å². The van der Waals surface area contributed by atoms with Crippen molar-refractivity contribution in [3.63, 3.8) is 0 Å². The lowest BCUT2D eigenvalue weighted by atomic mass is 10.0. The molecule has 3 heterocycles. The van der Waals surface area contributed by atoms with E-state index in [1.165, 1.54) is 17.3 Å². The SMILES string of the molecule is CC[C@@H](SC1=Nc2ccccc2C2=N[C@H](CC(C)C)C(=O)N12)C(=O)N1CCc2ccccc21. The van der Waals surface area contributed by atoms with Crippen LogP contribution in [0.25, 0.3) is 0 Å². The molecule has 0 N–H and O–H groups in total. The van der Waals surface area contributed by atoms with Crippen molar-refractivity contribution >= 4 is 46.0 Å². The standard InChI is InChI=1S/C26H28N4O2S/c1-4-22(25(32)29-14-13-17-9-5-8-12-21(17)29)33-26-28-19-11-7-6-10-18(19)23-27-20(15-16(2)3)24(31)30(23)26/h5-12,16,20,22H,4,13-15H2,1-3H3/t20-,22-/m1/s1. The minimum Gasteiger partial charge on any atom is -0.311 e. The number of amidine groups is 2. The number of nitrogens with zero attached hydrogens (tertiary/aromatic N) is 4. The maximum atomic E-state index is 13.6. The highest BCUT2D eigenvalue weighted by atomic mass is 32.2. The number of benzene rings is 2. The first kappa shape index (κ1) is 21.9. The minimum atomic E-state index is -0.404. The molecule has 2 atom stereocenters. The Morgan fingerprint density at radius 1 is 1.15 bits per heavy atom. The zero-order chi connectivity index (χ0) is 23.1. The summed E-state index contributed by atoms with van der Waals surface area (Å²) in [5, 5.41) is 0.217. The van der Waals surface area contributed by atoms with Crippen LogP contribution < -0.4 is 4.90 Å². The number of fused-ring (bicyclic) bond motifs is 4. The maximum absolute atomic E-state index is 13.6. The van der Waals surface area contributed by atoms with Gasteiger partial charge in [0.05, 0.1) is 10.9 Å². The van der Waals surface area contributed by atoms with Crippen LogP contribution in [0.3, 0.4) is 0 Å². The van der Waals surface area contributed by atoms with Gasteiger partial charge in [-0.15, -0.1) is 0 Å². The predicted molar refractivity (Wildman–Crippen MR) is 134 cm³/mol. The van der Waals surface area contributed by atoms with Gasteiger partial charge in [0.2, 0.25) is 5.91 Å². The summed E-state index contributed by atoms with van der Waals surface area (Å²) in [4.78, 5) is 40.1. The first-order chi connectivity index (χ1) is 16.0. The molecular formula is C26H28N4O2S. The van der Waals surface area contributed by atoms with Gasteiger partial charge in [0, 0.05) is 17.8 Å². The molecule has 0 unspecified atom stereocenters. The molecule has 0 fully saturated rings. The van der Waals surface area contributed by atoms with Gasteiger partial charge >= 0.3 is 0 Å². The van der Waals surface area contributed by atoms with E-state index in [1.807, 2.05) is 54.3 Å². The Bertz CT molecular complexity index is 1170. The highest BCUT2D eigenvalue weighted by Gasteiger charge is 2.43. The Hall–Kier alpha value is -2.93. The number of para-hydroxylation sites is 2. The van der Waals surface area contributed by atoms with E-state index in [2.05, 4.69) is 19.9 Å². The molecular weight excluding hydrogens is 432 g/mol. The topological polar surface area (TPSA) is 65.3 Å². The van der Waals surface area contributed by atoms with Crippen molar-refractivity contribution in [2.24, 2.45) is 15.9 Å². The summed E-state index contributed by atoms with van der Waals surface area (Å²) in [7, 11) is 0. The van der Waals surface area contributed by atoms with Crippen LogP contribution in [0.1, 0.15) is 44.7 Å². The fraction of sp³-hybridized carbons (Fsp3) is 0.385. The molecule has 7 heteroatoms. The molecule has 2 aromatic rings. The number of aliphatic imine (C=N–C) groups is 2.